The molecule has 4 N–H and O–H groups in total. The number of hydrogen-bond donors (Lipinski definition) is 2. The maximum atomic E-state index is 12.7. The van der Waals surface area contributed by atoms with E-state index in [1.165, 1.54) is 10.9 Å². The average Bonchev–Trinajstić information content (AvgIpc) is 3.05. The van der Waals surface area contributed by atoms with E-state index in [1.54, 1.807) is 13.8 Å². The standard InChI is InChI=1S/C13H17Cl2N6O5P/c1-5(2)25-27(22)23-3-6-8(26-27)13(14,15)11(24-6)21-4-18-7-9(16)19-12(17)20-10(7)21/h4-6,8,11H,3H2,1-2H3,(H4,16,17,19,20). The molecule has 14 heteroatoms. The molecule has 4 rings (SSSR count). The highest BCUT2D eigenvalue weighted by molar-refractivity contribution is 7.48. The van der Waals surface area contributed by atoms with Crippen LogP contribution in [0.3, 0.4) is 0 Å². The SMILES string of the molecule is CC(C)OP1(=O)OCC2OC(n3cnc4c(N)nc(N)nc43)C(Cl)(Cl)C2O1. The molecular formula is C13H17Cl2N6O5P. The fraction of sp³-hybridized carbons (Fsp3) is 0.615. The number of halogens is 2. The molecule has 0 amide bonds. The van der Waals surface area contributed by atoms with Gasteiger partial charge in [0.2, 0.25) is 5.95 Å². The van der Waals surface area contributed by atoms with Gasteiger partial charge < -0.3 is 16.2 Å². The highest BCUT2D eigenvalue weighted by Gasteiger charge is 2.62. The van der Waals surface area contributed by atoms with E-state index >= 15 is 0 Å². The molecule has 0 aromatic carbocycles. The third-order valence-electron chi connectivity index (χ3n) is 4.05. The average molecular weight is 439 g/mol. The lowest BCUT2D eigenvalue weighted by molar-refractivity contribution is -0.0733. The van der Waals surface area contributed by atoms with Gasteiger partial charge in [0.25, 0.3) is 0 Å². The Morgan fingerprint density at radius 1 is 1.41 bits per heavy atom. The van der Waals surface area contributed by atoms with E-state index in [0.717, 1.165) is 0 Å². The number of nitrogens with two attached hydrogens (primary N) is 2. The van der Waals surface area contributed by atoms with Gasteiger partial charge in [-0.1, -0.05) is 23.2 Å². The lowest BCUT2D eigenvalue weighted by Crippen LogP contribution is -2.42. The summed E-state index contributed by atoms with van der Waals surface area (Å²) in [4.78, 5) is 12.2. The molecule has 2 saturated heterocycles. The Labute approximate surface area is 163 Å². The van der Waals surface area contributed by atoms with Crippen LogP contribution in [0.15, 0.2) is 6.33 Å². The summed E-state index contributed by atoms with van der Waals surface area (Å²) in [5.41, 5.74) is 12.1. The van der Waals surface area contributed by atoms with Gasteiger partial charge in [0.1, 0.15) is 17.7 Å². The van der Waals surface area contributed by atoms with Crippen LogP contribution in [-0.4, -0.2) is 48.8 Å². The number of fused-ring (bicyclic) bond motifs is 2. The van der Waals surface area contributed by atoms with Crippen molar-refractivity contribution in [1.82, 2.24) is 19.5 Å². The topological polar surface area (TPSA) is 150 Å². The second-order valence-electron chi connectivity index (χ2n) is 6.42. The zero-order valence-electron chi connectivity index (χ0n) is 14.3. The number of alkyl halides is 2. The van der Waals surface area contributed by atoms with E-state index in [2.05, 4.69) is 15.0 Å². The molecule has 11 nitrogen and oxygen atoms in total. The van der Waals surface area contributed by atoms with Gasteiger partial charge in [0, 0.05) is 0 Å². The van der Waals surface area contributed by atoms with Crippen molar-refractivity contribution in [2.45, 2.75) is 42.7 Å². The number of phosphoric acid groups is 1. The van der Waals surface area contributed by atoms with Gasteiger partial charge in [-0.2, -0.15) is 9.97 Å². The minimum absolute atomic E-state index is 0.0404. The molecule has 27 heavy (non-hydrogen) atoms. The molecule has 4 heterocycles. The highest BCUT2D eigenvalue weighted by Crippen LogP contribution is 2.61. The van der Waals surface area contributed by atoms with Gasteiger partial charge >= 0.3 is 7.82 Å². The first-order chi connectivity index (χ1) is 12.6. The fourth-order valence-corrected chi connectivity index (χ4v) is 5.41. The van der Waals surface area contributed by atoms with Crippen LogP contribution < -0.4 is 11.5 Å². The molecule has 2 aromatic rings. The summed E-state index contributed by atoms with van der Waals surface area (Å²) in [7, 11) is -3.83. The van der Waals surface area contributed by atoms with Crippen LogP contribution in [-0.2, 0) is 22.9 Å². The number of aromatic nitrogens is 4. The van der Waals surface area contributed by atoms with E-state index in [9.17, 15) is 4.57 Å². The summed E-state index contributed by atoms with van der Waals surface area (Å²) in [5, 5.41) is 0. The first-order valence-electron chi connectivity index (χ1n) is 8.01. The monoisotopic (exact) mass is 438 g/mol. The Hall–Kier alpha value is -1.20. The van der Waals surface area contributed by atoms with Crippen molar-refractivity contribution in [3.05, 3.63) is 6.33 Å². The van der Waals surface area contributed by atoms with Gasteiger partial charge in [-0.05, 0) is 13.8 Å². The van der Waals surface area contributed by atoms with Gasteiger partial charge in [0.15, 0.2) is 22.0 Å². The Morgan fingerprint density at radius 2 is 2.15 bits per heavy atom. The normalized spacial score (nSPS) is 32.9. The highest BCUT2D eigenvalue weighted by atomic mass is 35.5. The summed E-state index contributed by atoms with van der Waals surface area (Å²) in [5.74, 6) is 0.0668. The predicted molar refractivity (Wildman–Crippen MR) is 97.1 cm³/mol. The smallest absolute Gasteiger partial charge is 0.382 e. The van der Waals surface area contributed by atoms with Crippen LogP contribution >= 0.6 is 31.0 Å². The minimum atomic E-state index is -3.83. The van der Waals surface area contributed by atoms with E-state index < -0.39 is 30.6 Å². The first kappa shape index (κ1) is 19.1. The van der Waals surface area contributed by atoms with Crippen LogP contribution in [0.5, 0.6) is 0 Å². The number of anilines is 2. The summed E-state index contributed by atoms with van der Waals surface area (Å²) in [6.45, 7) is 3.33. The van der Waals surface area contributed by atoms with E-state index in [-0.39, 0.29) is 30.1 Å². The zero-order chi connectivity index (χ0) is 19.6. The number of nitrogen functional groups attached to an aromatic ring is 2. The summed E-state index contributed by atoms with van der Waals surface area (Å²) in [6.07, 6.45) is -1.62. The van der Waals surface area contributed by atoms with Crippen LogP contribution in [0.25, 0.3) is 11.2 Å². The fourth-order valence-electron chi connectivity index (χ4n) is 3.01. The molecule has 2 aliphatic rings. The van der Waals surface area contributed by atoms with E-state index in [4.69, 9.17) is 53.0 Å². The molecular weight excluding hydrogens is 422 g/mol. The predicted octanol–water partition coefficient (Wildman–Crippen LogP) is 2.01. The summed E-state index contributed by atoms with van der Waals surface area (Å²) < 4.78 is 34.4. The van der Waals surface area contributed by atoms with Crippen molar-refractivity contribution in [2.24, 2.45) is 0 Å². The molecule has 4 unspecified atom stereocenters. The number of imidazole rings is 1. The molecule has 2 aliphatic heterocycles. The minimum Gasteiger partial charge on any atom is -0.382 e. The third-order valence-corrected chi connectivity index (χ3v) is 6.48. The molecule has 0 spiro atoms. The number of hydrogen-bond acceptors (Lipinski definition) is 10. The van der Waals surface area contributed by atoms with Crippen molar-refractivity contribution in [3.8, 4) is 0 Å². The van der Waals surface area contributed by atoms with Gasteiger partial charge in [0.05, 0.1) is 19.0 Å². The number of nitrogens with zero attached hydrogens (tertiary/aromatic N) is 4. The molecule has 4 atom stereocenters. The zero-order valence-corrected chi connectivity index (χ0v) is 16.7. The molecule has 0 aliphatic carbocycles. The summed E-state index contributed by atoms with van der Waals surface area (Å²) >= 11 is 13.1. The lowest BCUT2D eigenvalue weighted by Gasteiger charge is -2.33. The third kappa shape index (κ3) is 3.17. The number of phosphoric ester groups is 1. The largest absolute Gasteiger partial charge is 0.475 e. The molecule has 2 aromatic heterocycles. The quantitative estimate of drug-likeness (QED) is 0.537. The van der Waals surface area contributed by atoms with Crippen LogP contribution in [0.2, 0.25) is 0 Å². The van der Waals surface area contributed by atoms with Gasteiger partial charge in [-0.15, -0.1) is 0 Å². The Kier molecular flexibility index (Phi) is 4.54. The van der Waals surface area contributed by atoms with Crippen molar-refractivity contribution >= 4 is 54.0 Å². The van der Waals surface area contributed by atoms with Gasteiger partial charge in [-0.25, -0.2) is 9.55 Å². The van der Waals surface area contributed by atoms with Crippen molar-refractivity contribution < 1.29 is 22.9 Å². The molecule has 0 saturated carbocycles. The molecule has 148 valence electrons. The van der Waals surface area contributed by atoms with Crippen LogP contribution in [0.1, 0.15) is 20.1 Å². The van der Waals surface area contributed by atoms with E-state index in [1.807, 2.05) is 0 Å². The molecule has 0 bridgehead atoms. The van der Waals surface area contributed by atoms with Crippen LogP contribution in [0, 0.1) is 0 Å². The van der Waals surface area contributed by atoms with Crippen molar-refractivity contribution in [3.63, 3.8) is 0 Å². The maximum Gasteiger partial charge on any atom is 0.475 e. The Balaban J connectivity index is 1.70. The first-order valence-corrected chi connectivity index (χ1v) is 10.2. The van der Waals surface area contributed by atoms with Gasteiger partial charge in [-0.3, -0.25) is 18.1 Å². The van der Waals surface area contributed by atoms with Crippen LogP contribution in [0.4, 0.5) is 11.8 Å². The second-order valence-corrected chi connectivity index (χ2v) is 9.43. The molecule has 2 fully saturated rings. The lowest BCUT2D eigenvalue weighted by atomic mass is 10.2. The van der Waals surface area contributed by atoms with Crippen molar-refractivity contribution in [2.75, 3.05) is 18.1 Å². The van der Waals surface area contributed by atoms with E-state index in [0.29, 0.717) is 5.52 Å². The molecule has 0 radical (unpaired) electrons. The Morgan fingerprint density at radius 3 is 2.85 bits per heavy atom. The summed E-state index contributed by atoms with van der Waals surface area (Å²) in [6, 6.07) is 0. The maximum absolute atomic E-state index is 12.7. The number of ether oxygens (including phenoxy) is 1. The second kappa shape index (κ2) is 6.41. The number of rotatable bonds is 3. The van der Waals surface area contributed by atoms with Crippen molar-refractivity contribution in [1.29, 1.82) is 0 Å². The Bertz CT molecular complexity index is 939.